The van der Waals surface area contributed by atoms with Crippen molar-refractivity contribution in [2.45, 2.75) is 64.6 Å². The third-order valence-electron chi connectivity index (χ3n) is 3.74. The Hall–Kier alpha value is -1.02. The SMILES string of the molecule is CCCCCCOc1ccc(CCC2OC2C)cc1. The van der Waals surface area contributed by atoms with Gasteiger partial charge in [-0.1, -0.05) is 38.3 Å². The van der Waals surface area contributed by atoms with Crippen molar-refractivity contribution in [3.63, 3.8) is 0 Å². The van der Waals surface area contributed by atoms with E-state index >= 15 is 0 Å². The molecule has 2 nitrogen and oxygen atoms in total. The topological polar surface area (TPSA) is 21.8 Å². The van der Waals surface area contributed by atoms with Gasteiger partial charge in [-0.3, -0.25) is 0 Å². The molecule has 1 heterocycles. The fraction of sp³-hybridized carbons (Fsp3) is 0.647. The second-order valence-electron chi connectivity index (χ2n) is 5.47. The molecule has 0 amide bonds. The molecule has 0 spiro atoms. The number of hydrogen-bond acceptors (Lipinski definition) is 2. The monoisotopic (exact) mass is 262 g/mol. The average Bonchev–Trinajstić information content (AvgIpc) is 3.13. The predicted molar refractivity (Wildman–Crippen MR) is 78.7 cm³/mol. The van der Waals surface area contributed by atoms with Gasteiger partial charge >= 0.3 is 0 Å². The van der Waals surface area contributed by atoms with Crippen molar-refractivity contribution in [1.29, 1.82) is 0 Å². The highest BCUT2D eigenvalue weighted by molar-refractivity contribution is 5.27. The van der Waals surface area contributed by atoms with Gasteiger partial charge < -0.3 is 9.47 Å². The van der Waals surface area contributed by atoms with Crippen molar-refractivity contribution < 1.29 is 9.47 Å². The van der Waals surface area contributed by atoms with Crippen LogP contribution in [0.25, 0.3) is 0 Å². The van der Waals surface area contributed by atoms with Gasteiger partial charge in [0.2, 0.25) is 0 Å². The van der Waals surface area contributed by atoms with Gasteiger partial charge in [-0.25, -0.2) is 0 Å². The molecule has 1 saturated heterocycles. The molecule has 1 aliphatic heterocycles. The molecule has 19 heavy (non-hydrogen) atoms. The first kappa shape index (κ1) is 14.4. The van der Waals surface area contributed by atoms with Crippen molar-refractivity contribution in [2.75, 3.05) is 6.61 Å². The first-order valence-corrected chi connectivity index (χ1v) is 7.67. The summed E-state index contributed by atoms with van der Waals surface area (Å²) in [6.45, 7) is 5.21. The summed E-state index contributed by atoms with van der Waals surface area (Å²) in [7, 11) is 0. The van der Waals surface area contributed by atoms with E-state index in [1.807, 2.05) is 0 Å². The summed E-state index contributed by atoms with van der Waals surface area (Å²) in [6.07, 6.45) is 8.23. The number of ether oxygens (including phenoxy) is 2. The minimum Gasteiger partial charge on any atom is -0.494 e. The molecule has 0 saturated carbocycles. The lowest BCUT2D eigenvalue weighted by molar-refractivity contribution is 0.305. The van der Waals surface area contributed by atoms with Crippen molar-refractivity contribution >= 4 is 0 Å². The second kappa shape index (κ2) is 7.54. The molecule has 1 aromatic rings. The summed E-state index contributed by atoms with van der Waals surface area (Å²) in [5, 5.41) is 0. The van der Waals surface area contributed by atoms with Crippen molar-refractivity contribution in [3.05, 3.63) is 29.8 Å². The number of epoxide rings is 1. The molecule has 0 bridgehead atoms. The van der Waals surface area contributed by atoms with Crippen LogP contribution in [0, 0.1) is 0 Å². The smallest absolute Gasteiger partial charge is 0.119 e. The van der Waals surface area contributed by atoms with Gasteiger partial charge in [-0.2, -0.15) is 0 Å². The zero-order valence-electron chi connectivity index (χ0n) is 12.2. The largest absolute Gasteiger partial charge is 0.494 e. The Kier molecular flexibility index (Phi) is 5.71. The van der Waals surface area contributed by atoms with Gasteiger partial charge in [-0.15, -0.1) is 0 Å². The number of hydrogen-bond donors (Lipinski definition) is 0. The zero-order chi connectivity index (χ0) is 13.5. The molecule has 2 heteroatoms. The molecule has 1 fully saturated rings. The van der Waals surface area contributed by atoms with Crippen molar-refractivity contribution in [2.24, 2.45) is 0 Å². The standard InChI is InChI=1S/C17H26O2/c1-3-4-5-6-13-18-16-10-7-15(8-11-16)9-12-17-14(2)19-17/h7-8,10-11,14,17H,3-6,9,12-13H2,1-2H3. The maximum absolute atomic E-state index is 5.74. The van der Waals surface area contributed by atoms with Crippen LogP contribution >= 0.6 is 0 Å². The average molecular weight is 262 g/mol. The summed E-state index contributed by atoms with van der Waals surface area (Å²) < 4.78 is 11.2. The first-order chi connectivity index (χ1) is 9.29. The normalized spacial score (nSPS) is 21.4. The maximum atomic E-state index is 5.74. The van der Waals surface area contributed by atoms with Crippen LogP contribution in [-0.2, 0) is 11.2 Å². The van der Waals surface area contributed by atoms with Crippen LogP contribution in [-0.4, -0.2) is 18.8 Å². The van der Waals surface area contributed by atoms with Gasteiger partial charge in [0.1, 0.15) is 5.75 Å². The number of aryl methyl sites for hydroxylation is 1. The number of benzene rings is 1. The Bertz CT molecular complexity index is 358. The molecule has 1 aromatic carbocycles. The summed E-state index contributed by atoms with van der Waals surface area (Å²) in [5.74, 6) is 0.997. The molecule has 1 aliphatic rings. The Morgan fingerprint density at radius 2 is 1.84 bits per heavy atom. The summed E-state index contributed by atoms with van der Waals surface area (Å²) in [5.41, 5.74) is 1.38. The van der Waals surface area contributed by atoms with E-state index in [2.05, 4.69) is 38.1 Å². The van der Waals surface area contributed by atoms with E-state index in [-0.39, 0.29) is 0 Å². The van der Waals surface area contributed by atoms with Crippen LogP contribution in [0.2, 0.25) is 0 Å². The predicted octanol–water partition coefficient (Wildman–Crippen LogP) is 4.37. The molecule has 2 rings (SSSR count). The lowest BCUT2D eigenvalue weighted by atomic mass is 10.1. The van der Waals surface area contributed by atoms with Gasteiger partial charge in [-0.05, 0) is 43.9 Å². The highest BCUT2D eigenvalue weighted by Crippen LogP contribution is 2.26. The summed E-state index contributed by atoms with van der Waals surface area (Å²) in [4.78, 5) is 0. The van der Waals surface area contributed by atoms with Crippen LogP contribution in [0.3, 0.4) is 0 Å². The van der Waals surface area contributed by atoms with E-state index in [4.69, 9.17) is 9.47 Å². The van der Waals surface area contributed by atoms with Crippen molar-refractivity contribution in [3.8, 4) is 5.75 Å². The van der Waals surface area contributed by atoms with Gasteiger partial charge in [0.05, 0.1) is 18.8 Å². The third-order valence-corrected chi connectivity index (χ3v) is 3.74. The molecule has 0 aromatic heterocycles. The Morgan fingerprint density at radius 3 is 2.47 bits per heavy atom. The molecule has 0 aliphatic carbocycles. The van der Waals surface area contributed by atoms with E-state index in [0.29, 0.717) is 12.2 Å². The maximum Gasteiger partial charge on any atom is 0.119 e. The number of unbranched alkanes of at least 4 members (excludes halogenated alkanes) is 3. The van der Waals surface area contributed by atoms with Crippen molar-refractivity contribution in [1.82, 2.24) is 0 Å². The van der Waals surface area contributed by atoms with Crippen LogP contribution in [0.1, 0.15) is 51.5 Å². The van der Waals surface area contributed by atoms with E-state index in [9.17, 15) is 0 Å². The molecule has 2 unspecified atom stereocenters. The number of rotatable bonds is 9. The van der Waals surface area contributed by atoms with Crippen LogP contribution in [0.5, 0.6) is 5.75 Å². The van der Waals surface area contributed by atoms with E-state index in [1.54, 1.807) is 0 Å². The minimum atomic E-state index is 0.478. The minimum absolute atomic E-state index is 0.478. The van der Waals surface area contributed by atoms with Crippen LogP contribution in [0.15, 0.2) is 24.3 Å². The quantitative estimate of drug-likeness (QED) is 0.487. The molecular weight excluding hydrogens is 236 g/mol. The molecule has 0 radical (unpaired) electrons. The Labute approximate surface area is 117 Å². The fourth-order valence-electron chi connectivity index (χ4n) is 2.31. The third kappa shape index (κ3) is 5.23. The Balaban J connectivity index is 1.63. The molecule has 2 atom stereocenters. The van der Waals surface area contributed by atoms with E-state index < -0.39 is 0 Å². The molecule has 0 N–H and O–H groups in total. The Morgan fingerprint density at radius 1 is 1.11 bits per heavy atom. The van der Waals surface area contributed by atoms with Gasteiger partial charge in [0.25, 0.3) is 0 Å². The van der Waals surface area contributed by atoms with E-state index in [0.717, 1.165) is 31.6 Å². The lowest BCUT2D eigenvalue weighted by Crippen LogP contribution is -1.98. The first-order valence-electron chi connectivity index (χ1n) is 7.67. The highest BCUT2D eigenvalue weighted by atomic mass is 16.6. The lowest BCUT2D eigenvalue weighted by Gasteiger charge is -2.07. The van der Waals surface area contributed by atoms with Crippen LogP contribution in [0.4, 0.5) is 0 Å². The summed E-state index contributed by atoms with van der Waals surface area (Å²) >= 11 is 0. The zero-order valence-corrected chi connectivity index (χ0v) is 12.2. The van der Waals surface area contributed by atoms with Gasteiger partial charge in [0, 0.05) is 0 Å². The summed E-state index contributed by atoms with van der Waals surface area (Å²) in [6, 6.07) is 8.53. The molecule has 106 valence electrons. The highest BCUT2D eigenvalue weighted by Gasteiger charge is 2.33. The van der Waals surface area contributed by atoms with Gasteiger partial charge in [0.15, 0.2) is 0 Å². The second-order valence-corrected chi connectivity index (χ2v) is 5.47. The molecular formula is C17H26O2. The van der Waals surface area contributed by atoms with Crippen LogP contribution < -0.4 is 4.74 Å². The fourth-order valence-corrected chi connectivity index (χ4v) is 2.31. The van der Waals surface area contributed by atoms with E-state index in [1.165, 1.54) is 24.8 Å².